The Morgan fingerprint density at radius 1 is 1.18 bits per heavy atom. The molecule has 2 N–H and O–H groups in total. The number of carbonyl (C=O) groups excluding carboxylic acids is 2. The Kier molecular flexibility index (Phi) is 5.18. The zero-order valence-electron chi connectivity index (χ0n) is 15.4. The van der Waals surface area contributed by atoms with Crippen molar-refractivity contribution >= 4 is 11.8 Å². The minimum Gasteiger partial charge on any atom is -0.351 e. The average Bonchev–Trinajstić information content (AvgIpc) is 3.42. The van der Waals surface area contributed by atoms with E-state index in [2.05, 4.69) is 20.8 Å². The van der Waals surface area contributed by atoms with Gasteiger partial charge in [0.25, 0.3) is 5.91 Å². The molecule has 8 heteroatoms. The van der Waals surface area contributed by atoms with E-state index in [1.165, 1.54) is 0 Å². The van der Waals surface area contributed by atoms with E-state index in [0.29, 0.717) is 38.2 Å². The fourth-order valence-electron chi connectivity index (χ4n) is 3.33. The van der Waals surface area contributed by atoms with Crippen LogP contribution in [0.1, 0.15) is 28.2 Å². The highest BCUT2D eigenvalue weighted by molar-refractivity contribution is 5.92. The smallest absolute Gasteiger partial charge is 0.272 e. The van der Waals surface area contributed by atoms with Crippen LogP contribution in [-0.2, 0) is 30.8 Å². The summed E-state index contributed by atoms with van der Waals surface area (Å²) >= 11 is 0. The van der Waals surface area contributed by atoms with E-state index in [9.17, 15) is 9.59 Å². The second-order valence-corrected chi connectivity index (χ2v) is 6.86. The summed E-state index contributed by atoms with van der Waals surface area (Å²) in [6.07, 6.45) is 4.59. The first-order valence-corrected chi connectivity index (χ1v) is 9.33. The third-order valence-corrected chi connectivity index (χ3v) is 4.73. The number of nitrogens with zero attached hydrogens (tertiary/aromatic N) is 4. The highest BCUT2D eigenvalue weighted by atomic mass is 16.2. The van der Waals surface area contributed by atoms with Crippen LogP contribution in [0.4, 0.5) is 0 Å². The van der Waals surface area contributed by atoms with Crippen molar-refractivity contribution in [2.45, 2.75) is 38.5 Å². The lowest BCUT2D eigenvalue weighted by molar-refractivity contribution is -0.122. The molecule has 1 aliphatic rings. The second-order valence-electron chi connectivity index (χ2n) is 6.86. The molecule has 4 rings (SSSR count). The van der Waals surface area contributed by atoms with Crippen LogP contribution in [0.3, 0.4) is 0 Å². The number of benzene rings is 1. The van der Waals surface area contributed by atoms with E-state index in [4.69, 9.17) is 0 Å². The number of aromatic nitrogens is 4. The van der Waals surface area contributed by atoms with Crippen molar-refractivity contribution in [2.75, 3.05) is 0 Å². The van der Waals surface area contributed by atoms with E-state index >= 15 is 0 Å². The summed E-state index contributed by atoms with van der Waals surface area (Å²) in [5.41, 5.74) is 2.41. The highest BCUT2D eigenvalue weighted by Crippen LogP contribution is 2.16. The minimum absolute atomic E-state index is 0.00733. The maximum Gasteiger partial charge on any atom is 0.272 e. The van der Waals surface area contributed by atoms with Gasteiger partial charge in [0.15, 0.2) is 0 Å². The Labute approximate surface area is 162 Å². The van der Waals surface area contributed by atoms with Gasteiger partial charge in [0.2, 0.25) is 5.91 Å². The van der Waals surface area contributed by atoms with Crippen molar-refractivity contribution < 1.29 is 9.59 Å². The molecule has 0 saturated heterocycles. The van der Waals surface area contributed by atoms with Gasteiger partial charge in [0, 0.05) is 44.0 Å². The van der Waals surface area contributed by atoms with Gasteiger partial charge < -0.3 is 10.6 Å². The van der Waals surface area contributed by atoms with Crippen molar-refractivity contribution in [3.05, 3.63) is 71.8 Å². The first-order valence-electron chi connectivity index (χ1n) is 9.33. The molecular weight excluding hydrogens is 356 g/mol. The first kappa shape index (κ1) is 18.0. The summed E-state index contributed by atoms with van der Waals surface area (Å²) in [6, 6.07) is 13.4. The minimum atomic E-state index is -0.189. The molecule has 3 heterocycles. The number of hydrogen-bond donors (Lipinski definition) is 2. The van der Waals surface area contributed by atoms with Crippen molar-refractivity contribution in [1.82, 2.24) is 30.2 Å². The molecule has 1 aromatic carbocycles. The van der Waals surface area contributed by atoms with Gasteiger partial charge in [0.1, 0.15) is 5.69 Å². The molecule has 3 aromatic rings. The molecule has 1 aliphatic heterocycles. The van der Waals surface area contributed by atoms with Crippen LogP contribution >= 0.6 is 0 Å². The maximum absolute atomic E-state index is 12.3. The summed E-state index contributed by atoms with van der Waals surface area (Å²) in [7, 11) is 0. The number of amides is 2. The van der Waals surface area contributed by atoms with Gasteiger partial charge in [-0.2, -0.15) is 10.2 Å². The summed E-state index contributed by atoms with van der Waals surface area (Å²) in [6.45, 7) is 1.60. The number of fused-ring (bicyclic) bond motifs is 1. The molecule has 2 aromatic heterocycles. The van der Waals surface area contributed by atoms with Crippen molar-refractivity contribution in [3.8, 4) is 0 Å². The second kappa shape index (κ2) is 8.08. The normalized spacial score (nSPS) is 15.2. The van der Waals surface area contributed by atoms with Gasteiger partial charge >= 0.3 is 0 Å². The maximum atomic E-state index is 12.3. The number of hydrogen-bond acceptors (Lipinski definition) is 4. The number of nitrogens with one attached hydrogen (secondary N) is 2. The fraction of sp³-hybridized carbons (Fsp3) is 0.300. The molecule has 1 atom stereocenters. The summed E-state index contributed by atoms with van der Waals surface area (Å²) < 4.78 is 3.54. The summed E-state index contributed by atoms with van der Waals surface area (Å²) in [4.78, 5) is 24.4. The Hall–Kier alpha value is -3.42. The van der Waals surface area contributed by atoms with Crippen LogP contribution in [0.2, 0.25) is 0 Å². The van der Waals surface area contributed by atoms with Crippen LogP contribution in [0.15, 0.2) is 54.9 Å². The molecule has 0 aliphatic carbocycles. The van der Waals surface area contributed by atoms with Crippen LogP contribution in [-0.4, -0.2) is 37.4 Å². The Balaban J connectivity index is 1.25. The zero-order chi connectivity index (χ0) is 19.3. The van der Waals surface area contributed by atoms with Gasteiger partial charge in [-0.15, -0.1) is 0 Å². The predicted octanol–water partition coefficient (Wildman–Crippen LogP) is 1.14. The lowest BCUT2D eigenvalue weighted by Crippen LogP contribution is -2.36. The molecule has 144 valence electrons. The summed E-state index contributed by atoms with van der Waals surface area (Å²) in [5, 5.41) is 14.4. The molecular formula is C20H22N6O2. The van der Waals surface area contributed by atoms with Gasteiger partial charge in [-0.05, 0) is 17.7 Å². The monoisotopic (exact) mass is 378 g/mol. The Morgan fingerprint density at radius 3 is 2.79 bits per heavy atom. The van der Waals surface area contributed by atoms with Crippen LogP contribution in [0, 0.1) is 0 Å². The first-order chi connectivity index (χ1) is 13.7. The van der Waals surface area contributed by atoms with Crippen molar-refractivity contribution in [3.63, 3.8) is 0 Å². The van der Waals surface area contributed by atoms with E-state index in [1.54, 1.807) is 21.6 Å². The van der Waals surface area contributed by atoms with E-state index in [0.717, 1.165) is 11.3 Å². The Morgan fingerprint density at radius 2 is 2.04 bits per heavy atom. The van der Waals surface area contributed by atoms with Crippen LogP contribution in [0.5, 0.6) is 0 Å². The quantitative estimate of drug-likeness (QED) is 0.645. The van der Waals surface area contributed by atoms with Gasteiger partial charge in [-0.1, -0.05) is 30.3 Å². The molecule has 0 radical (unpaired) electrons. The lowest BCUT2D eigenvalue weighted by Gasteiger charge is -2.12. The van der Waals surface area contributed by atoms with Crippen LogP contribution in [0.25, 0.3) is 0 Å². The largest absolute Gasteiger partial charge is 0.351 e. The molecule has 0 bridgehead atoms. The third-order valence-electron chi connectivity index (χ3n) is 4.73. The van der Waals surface area contributed by atoms with E-state index in [-0.39, 0.29) is 17.9 Å². The number of carbonyl (C=O) groups is 2. The van der Waals surface area contributed by atoms with Crippen LogP contribution < -0.4 is 10.6 Å². The van der Waals surface area contributed by atoms with Crippen molar-refractivity contribution in [1.29, 1.82) is 0 Å². The molecule has 28 heavy (non-hydrogen) atoms. The summed E-state index contributed by atoms with van der Waals surface area (Å²) in [5.74, 6) is -0.197. The molecule has 0 fully saturated rings. The topological polar surface area (TPSA) is 93.8 Å². The molecule has 0 spiro atoms. The average molecular weight is 378 g/mol. The SMILES string of the molecule is O=C(CCn1cccn1)N[C@H]1Cc2cc(C(=O)NCc3ccccc3)nn2C1. The standard InChI is InChI=1S/C20H22N6O2/c27-19(7-10-25-9-4-8-22-25)23-16-11-17-12-18(24-26(17)14-16)20(28)21-13-15-5-2-1-3-6-15/h1-6,8-9,12,16H,7,10-11,13-14H2,(H,21,28)(H,23,27)/t16-/m0/s1. The third kappa shape index (κ3) is 4.28. The fourth-order valence-corrected chi connectivity index (χ4v) is 3.33. The Bertz CT molecular complexity index is 925. The zero-order valence-corrected chi connectivity index (χ0v) is 15.4. The van der Waals surface area contributed by atoms with Gasteiger partial charge in [-0.25, -0.2) is 0 Å². The number of rotatable bonds is 7. The predicted molar refractivity (Wildman–Crippen MR) is 102 cm³/mol. The lowest BCUT2D eigenvalue weighted by atomic mass is 10.2. The van der Waals surface area contributed by atoms with E-state index in [1.807, 2.05) is 42.6 Å². The molecule has 8 nitrogen and oxygen atoms in total. The van der Waals surface area contributed by atoms with E-state index < -0.39 is 0 Å². The van der Waals surface area contributed by atoms with Gasteiger partial charge in [0.05, 0.1) is 12.6 Å². The molecule has 0 unspecified atom stereocenters. The number of aryl methyl sites for hydroxylation is 1. The van der Waals surface area contributed by atoms with Crippen molar-refractivity contribution in [2.24, 2.45) is 0 Å². The van der Waals surface area contributed by atoms with Gasteiger partial charge in [-0.3, -0.25) is 19.0 Å². The molecule has 0 saturated carbocycles. The molecule has 2 amide bonds. The highest BCUT2D eigenvalue weighted by Gasteiger charge is 2.26.